The molecule has 2 unspecified atom stereocenters. The molecular weight excluding hydrogens is 218 g/mol. The molecule has 4 nitrogen and oxygen atoms in total. The topological polar surface area (TPSA) is 58.6 Å². The molecule has 0 spiro atoms. The van der Waals surface area contributed by atoms with Crippen LogP contribution in [-0.2, 0) is 9.53 Å². The van der Waals surface area contributed by atoms with Gasteiger partial charge in [0.05, 0.1) is 6.10 Å². The van der Waals surface area contributed by atoms with Crippen molar-refractivity contribution in [2.24, 2.45) is 5.92 Å². The Morgan fingerprint density at radius 2 is 2.18 bits per heavy atom. The molecule has 1 heterocycles. The Kier molecular flexibility index (Phi) is 4.05. The highest BCUT2D eigenvalue weighted by Crippen LogP contribution is 2.28. The number of hydrogen-bond acceptors (Lipinski definition) is 3. The molecule has 2 N–H and O–H groups in total. The van der Waals surface area contributed by atoms with E-state index in [1.807, 2.05) is 6.92 Å². The van der Waals surface area contributed by atoms with E-state index in [4.69, 9.17) is 4.74 Å². The van der Waals surface area contributed by atoms with Gasteiger partial charge < -0.3 is 15.2 Å². The van der Waals surface area contributed by atoms with Crippen LogP contribution in [0.5, 0.6) is 0 Å². The van der Waals surface area contributed by atoms with Crippen LogP contribution in [0.15, 0.2) is 0 Å². The zero-order valence-electron chi connectivity index (χ0n) is 10.6. The van der Waals surface area contributed by atoms with Crippen LogP contribution in [-0.4, -0.2) is 35.9 Å². The Hall–Kier alpha value is -0.610. The van der Waals surface area contributed by atoms with Gasteiger partial charge in [-0.2, -0.15) is 0 Å². The Morgan fingerprint density at radius 1 is 1.47 bits per heavy atom. The molecule has 1 amide bonds. The van der Waals surface area contributed by atoms with Crippen LogP contribution in [0.3, 0.4) is 0 Å². The van der Waals surface area contributed by atoms with Crippen molar-refractivity contribution in [1.82, 2.24) is 5.32 Å². The summed E-state index contributed by atoms with van der Waals surface area (Å²) >= 11 is 0. The van der Waals surface area contributed by atoms with Gasteiger partial charge in [-0.25, -0.2) is 0 Å². The maximum atomic E-state index is 11.7. The molecule has 0 aromatic heterocycles. The predicted octanol–water partition coefficient (Wildman–Crippen LogP) is 1.22. The lowest BCUT2D eigenvalue weighted by Crippen LogP contribution is -2.47. The van der Waals surface area contributed by atoms with E-state index in [-0.39, 0.29) is 12.0 Å². The summed E-state index contributed by atoms with van der Waals surface area (Å²) in [5, 5.41) is 13.1. The third kappa shape index (κ3) is 3.19. The van der Waals surface area contributed by atoms with Gasteiger partial charge in [-0.15, -0.1) is 0 Å². The first-order valence-corrected chi connectivity index (χ1v) is 6.71. The summed E-state index contributed by atoms with van der Waals surface area (Å²) in [6.45, 7) is 2.76. The first-order chi connectivity index (χ1) is 8.10. The van der Waals surface area contributed by atoms with Crippen LogP contribution in [0.2, 0.25) is 0 Å². The molecular formula is C13H23NO3. The lowest BCUT2D eigenvalue weighted by Gasteiger charge is -2.26. The summed E-state index contributed by atoms with van der Waals surface area (Å²) in [6.07, 6.45) is 5.91. The lowest BCUT2D eigenvalue weighted by molar-refractivity contribution is -0.123. The predicted molar refractivity (Wildman–Crippen MR) is 64.6 cm³/mol. The molecule has 0 radical (unpaired) electrons. The summed E-state index contributed by atoms with van der Waals surface area (Å²) in [6, 6.07) is 0. The summed E-state index contributed by atoms with van der Waals surface area (Å²) in [4.78, 5) is 11.7. The highest BCUT2D eigenvalue weighted by molar-refractivity contribution is 5.76. The molecule has 1 aliphatic heterocycles. The van der Waals surface area contributed by atoms with Crippen LogP contribution >= 0.6 is 0 Å². The molecule has 0 aromatic carbocycles. The van der Waals surface area contributed by atoms with Crippen LogP contribution in [0.4, 0.5) is 0 Å². The zero-order chi connectivity index (χ0) is 12.3. The molecule has 2 rings (SSSR count). The van der Waals surface area contributed by atoms with Gasteiger partial charge in [0.25, 0.3) is 0 Å². The second kappa shape index (κ2) is 5.36. The van der Waals surface area contributed by atoms with E-state index in [0.717, 1.165) is 0 Å². The quantitative estimate of drug-likeness (QED) is 0.778. The summed E-state index contributed by atoms with van der Waals surface area (Å²) in [7, 11) is 0. The Bertz CT molecular complexity index is 276. The van der Waals surface area contributed by atoms with Crippen molar-refractivity contribution in [3.05, 3.63) is 0 Å². The number of nitrogens with one attached hydrogen (secondary N) is 1. The fraction of sp³-hybridized carbons (Fsp3) is 0.923. The largest absolute Gasteiger partial charge is 0.385 e. The summed E-state index contributed by atoms with van der Waals surface area (Å²) in [5.74, 6) is 0.631. The molecule has 1 aliphatic carbocycles. The van der Waals surface area contributed by atoms with Gasteiger partial charge in [-0.05, 0) is 25.7 Å². The van der Waals surface area contributed by atoms with Crippen molar-refractivity contribution in [2.75, 3.05) is 13.2 Å². The highest BCUT2D eigenvalue weighted by Gasteiger charge is 2.39. The fourth-order valence-electron chi connectivity index (χ4n) is 2.80. The second-order valence-electron chi connectivity index (χ2n) is 5.50. The number of aliphatic hydroxyl groups is 1. The van der Waals surface area contributed by atoms with Gasteiger partial charge in [0, 0.05) is 26.0 Å². The second-order valence-corrected chi connectivity index (χ2v) is 5.50. The monoisotopic (exact) mass is 241 g/mol. The molecule has 2 fully saturated rings. The van der Waals surface area contributed by atoms with E-state index in [2.05, 4.69) is 5.32 Å². The Labute approximate surface area is 103 Å². The molecule has 98 valence electrons. The molecule has 2 atom stereocenters. The minimum Gasteiger partial charge on any atom is -0.385 e. The van der Waals surface area contributed by atoms with Gasteiger partial charge >= 0.3 is 0 Å². The van der Waals surface area contributed by atoms with Gasteiger partial charge in [0.15, 0.2) is 0 Å². The van der Waals surface area contributed by atoms with E-state index in [0.29, 0.717) is 31.9 Å². The molecule has 17 heavy (non-hydrogen) atoms. The lowest BCUT2D eigenvalue weighted by atomic mass is 9.96. The maximum Gasteiger partial charge on any atom is 0.220 e. The smallest absolute Gasteiger partial charge is 0.220 e. The van der Waals surface area contributed by atoms with Gasteiger partial charge in [-0.1, -0.05) is 12.8 Å². The normalized spacial score (nSPS) is 34.1. The van der Waals surface area contributed by atoms with Crippen LogP contribution in [0, 0.1) is 5.92 Å². The molecule has 1 saturated heterocycles. The standard InChI is InChI=1S/C13H23NO3/c1-10-13(16,6-7-17-10)9-14-12(15)8-11-4-2-3-5-11/h10-11,16H,2-9H2,1H3,(H,14,15). The number of rotatable bonds is 4. The van der Waals surface area contributed by atoms with Gasteiger partial charge in [0.2, 0.25) is 5.91 Å². The number of carbonyl (C=O) groups excluding carboxylic acids is 1. The van der Waals surface area contributed by atoms with Crippen molar-refractivity contribution in [3.63, 3.8) is 0 Å². The van der Waals surface area contributed by atoms with E-state index < -0.39 is 5.60 Å². The van der Waals surface area contributed by atoms with Crippen molar-refractivity contribution < 1.29 is 14.6 Å². The van der Waals surface area contributed by atoms with E-state index in [1.54, 1.807) is 0 Å². The summed E-state index contributed by atoms with van der Waals surface area (Å²) in [5.41, 5.74) is -0.870. The number of carbonyl (C=O) groups is 1. The van der Waals surface area contributed by atoms with Crippen LogP contribution in [0.25, 0.3) is 0 Å². The molecule has 0 bridgehead atoms. The van der Waals surface area contributed by atoms with Crippen molar-refractivity contribution in [2.45, 2.75) is 57.2 Å². The van der Waals surface area contributed by atoms with Gasteiger partial charge in [-0.3, -0.25) is 4.79 Å². The first kappa shape index (κ1) is 12.8. The number of amides is 1. The minimum absolute atomic E-state index is 0.0735. The molecule has 2 aliphatic rings. The average Bonchev–Trinajstić information content (AvgIpc) is 2.89. The van der Waals surface area contributed by atoms with E-state index in [9.17, 15) is 9.90 Å². The minimum atomic E-state index is -0.870. The Morgan fingerprint density at radius 3 is 2.76 bits per heavy atom. The SMILES string of the molecule is CC1OCCC1(O)CNC(=O)CC1CCCC1. The highest BCUT2D eigenvalue weighted by atomic mass is 16.5. The van der Waals surface area contributed by atoms with Crippen molar-refractivity contribution in [1.29, 1.82) is 0 Å². The zero-order valence-corrected chi connectivity index (χ0v) is 10.6. The summed E-state index contributed by atoms with van der Waals surface area (Å²) < 4.78 is 5.33. The van der Waals surface area contributed by atoms with Gasteiger partial charge in [0.1, 0.15) is 5.60 Å². The van der Waals surface area contributed by atoms with E-state index >= 15 is 0 Å². The molecule has 0 aromatic rings. The molecule has 4 heteroatoms. The van der Waals surface area contributed by atoms with Crippen molar-refractivity contribution in [3.8, 4) is 0 Å². The third-order valence-corrected chi connectivity index (χ3v) is 4.20. The third-order valence-electron chi connectivity index (χ3n) is 4.20. The first-order valence-electron chi connectivity index (χ1n) is 6.71. The van der Waals surface area contributed by atoms with E-state index in [1.165, 1.54) is 25.7 Å². The Balaban J connectivity index is 1.71. The fourth-order valence-corrected chi connectivity index (χ4v) is 2.80. The molecule has 1 saturated carbocycles. The van der Waals surface area contributed by atoms with Crippen LogP contribution < -0.4 is 5.32 Å². The number of ether oxygens (including phenoxy) is 1. The maximum absolute atomic E-state index is 11.7. The van der Waals surface area contributed by atoms with Crippen molar-refractivity contribution >= 4 is 5.91 Å². The van der Waals surface area contributed by atoms with Crippen LogP contribution in [0.1, 0.15) is 45.4 Å². The number of hydrogen-bond donors (Lipinski definition) is 2. The average molecular weight is 241 g/mol.